The van der Waals surface area contributed by atoms with Crippen LogP contribution < -0.4 is 0 Å². The summed E-state index contributed by atoms with van der Waals surface area (Å²) in [6, 6.07) is 0. The summed E-state index contributed by atoms with van der Waals surface area (Å²) < 4.78 is 88.5. The SMILES string of the molecule is CC1C2CC(C(=O)OC(CC3C4CC5CC(C4)CC3C5)C(O)(C(F)(F)F)C(F)(F)F)C(C2)C1C. The summed E-state index contributed by atoms with van der Waals surface area (Å²) in [5, 5.41) is 10.3. The van der Waals surface area contributed by atoms with Crippen LogP contribution in [0.5, 0.6) is 0 Å². The summed E-state index contributed by atoms with van der Waals surface area (Å²) in [6.45, 7) is 4.04. The van der Waals surface area contributed by atoms with E-state index >= 15 is 0 Å². The van der Waals surface area contributed by atoms with Crippen LogP contribution in [0.15, 0.2) is 0 Å². The molecule has 3 nitrogen and oxygen atoms in total. The standard InChI is InChI=1S/C25H34F6O3/c1-11-12(2)18-8-15(11)9-20(18)22(32)34-21(23(33,24(26,27)28)25(29,30)31)10-19-16-4-13-3-14(6-16)7-17(19)5-13/h11-21,33H,3-10H2,1-2H3. The van der Waals surface area contributed by atoms with E-state index in [-0.39, 0.29) is 29.6 Å². The van der Waals surface area contributed by atoms with Crippen molar-refractivity contribution in [2.24, 2.45) is 59.2 Å². The van der Waals surface area contributed by atoms with Crippen LogP contribution in [0.25, 0.3) is 0 Å². The third-order valence-electron chi connectivity index (χ3n) is 10.7. The van der Waals surface area contributed by atoms with Crippen molar-refractivity contribution in [3.63, 3.8) is 0 Å². The van der Waals surface area contributed by atoms with Crippen LogP contribution in [0, 0.1) is 59.2 Å². The summed E-state index contributed by atoms with van der Waals surface area (Å²) in [5.41, 5.74) is -5.08. The van der Waals surface area contributed by atoms with Gasteiger partial charge in [-0.3, -0.25) is 4.79 Å². The van der Waals surface area contributed by atoms with Gasteiger partial charge in [0.1, 0.15) is 6.10 Å². The van der Waals surface area contributed by atoms with Gasteiger partial charge in [0.15, 0.2) is 0 Å². The molecule has 0 aliphatic heterocycles. The number of halogens is 6. The predicted molar refractivity (Wildman–Crippen MR) is 110 cm³/mol. The van der Waals surface area contributed by atoms with Gasteiger partial charge in [0.05, 0.1) is 5.92 Å². The van der Waals surface area contributed by atoms with Crippen molar-refractivity contribution in [3.05, 3.63) is 0 Å². The van der Waals surface area contributed by atoms with Gasteiger partial charge in [0.25, 0.3) is 5.60 Å². The molecule has 6 aliphatic carbocycles. The number of ether oxygens (including phenoxy) is 1. The first kappa shape index (κ1) is 24.7. The fraction of sp³-hybridized carbons (Fsp3) is 0.960. The van der Waals surface area contributed by atoms with Crippen molar-refractivity contribution in [1.29, 1.82) is 0 Å². The maximum atomic E-state index is 13.9. The van der Waals surface area contributed by atoms with Crippen molar-refractivity contribution < 1.29 is 41.0 Å². The minimum atomic E-state index is -6.02. The molecule has 0 heterocycles. The minimum Gasteiger partial charge on any atom is -0.458 e. The van der Waals surface area contributed by atoms with Crippen LogP contribution in [-0.4, -0.2) is 35.1 Å². The van der Waals surface area contributed by atoms with Crippen LogP contribution in [0.2, 0.25) is 0 Å². The molecule has 0 aromatic heterocycles. The fourth-order valence-electron chi connectivity index (χ4n) is 8.94. The highest BCUT2D eigenvalue weighted by atomic mass is 19.4. The molecule has 6 fully saturated rings. The second-order valence-corrected chi connectivity index (χ2v) is 12.2. The number of rotatable bonds is 5. The zero-order chi connectivity index (χ0) is 24.8. The molecule has 0 aromatic rings. The Morgan fingerprint density at radius 2 is 1.35 bits per heavy atom. The Hall–Kier alpha value is -0.990. The molecule has 9 heteroatoms. The van der Waals surface area contributed by atoms with E-state index < -0.39 is 48.3 Å². The fourth-order valence-corrected chi connectivity index (χ4v) is 8.94. The van der Waals surface area contributed by atoms with E-state index in [4.69, 9.17) is 4.74 Å². The maximum Gasteiger partial charge on any atom is 0.430 e. The quantitative estimate of drug-likeness (QED) is 0.367. The summed E-state index contributed by atoms with van der Waals surface area (Å²) in [6.07, 6.45) is -9.84. The number of hydrogen-bond donors (Lipinski definition) is 1. The topological polar surface area (TPSA) is 46.5 Å². The zero-order valence-electron chi connectivity index (χ0n) is 19.5. The summed E-state index contributed by atoms with van der Waals surface area (Å²) in [7, 11) is 0. The number of fused-ring (bicyclic) bond motifs is 2. The van der Waals surface area contributed by atoms with E-state index in [1.54, 1.807) is 0 Å². The molecular weight excluding hydrogens is 462 g/mol. The third kappa shape index (κ3) is 3.69. The molecule has 6 aliphatic rings. The maximum absolute atomic E-state index is 13.9. The molecule has 0 aromatic carbocycles. The molecule has 194 valence electrons. The lowest BCUT2D eigenvalue weighted by Crippen LogP contribution is -2.66. The highest BCUT2D eigenvalue weighted by molar-refractivity contribution is 5.74. The minimum absolute atomic E-state index is 0.0338. The normalized spacial score (nSPS) is 44.5. The molecular formula is C25H34F6O3. The van der Waals surface area contributed by atoms with Gasteiger partial charge >= 0.3 is 18.3 Å². The predicted octanol–water partition coefficient (Wildman–Crippen LogP) is 6.14. The van der Waals surface area contributed by atoms with Crippen LogP contribution in [-0.2, 0) is 9.53 Å². The monoisotopic (exact) mass is 496 g/mol. The van der Waals surface area contributed by atoms with Gasteiger partial charge in [0.2, 0.25) is 0 Å². The highest BCUT2D eigenvalue weighted by Crippen LogP contribution is 2.60. The number of esters is 1. The van der Waals surface area contributed by atoms with Gasteiger partial charge in [0, 0.05) is 0 Å². The van der Waals surface area contributed by atoms with Crippen molar-refractivity contribution >= 4 is 5.97 Å². The Morgan fingerprint density at radius 1 is 0.824 bits per heavy atom. The van der Waals surface area contributed by atoms with Crippen molar-refractivity contribution in [3.8, 4) is 0 Å². The van der Waals surface area contributed by atoms with Crippen molar-refractivity contribution in [2.75, 3.05) is 0 Å². The van der Waals surface area contributed by atoms with E-state index in [9.17, 15) is 36.2 Å². The van der Waals surface area contributed by atoms with E-state index in [0.717, 1.165) is 38.5 Å². The average molecular weight is 497 g/mol. The largest absolute Gasteiger partial charge is 0.458 e. The lowest BCUT2D eigenvalue weighted by atomic mass is 9.51. The van der Waals surface area contributed by atoms with E-state index in [0.29, 0.717) is 24.2 Å². The molecule has 34 heavy (non-hydrogen) atoms. The van der Waals surface area contributed by atoms with Crippen LogP contribution in [0.4, 0.5) is 26.3 Å². The second kappa shape index (κ2) is 8.01. The smallest absolute Gasteiger partial charge is 0.430 e. The van der Waals surface area contributed by atoms with E-state index in [1.165, 1.54) is 0 Å². The molecule has 0 saturated heterocycles. The molecule has 1 N–H and O–H groups in total. The van der Waals surface area contributed by atoms with E-state index in [2.05, 4.69) is 6.92 Å². The number of hydrogen-bond acceptors (Lipinski definition) is 3. The Morgan fingerprint density at radius 3 is 1.79 bits per heavy atom. The van der Waals surface area contributed by atoms with Gasteiger partial charge < -0.3 is 9.84 Å². The van der Waals surface area contributed by atoms with Crippen LogP contribution in [0.1, 0.15) is 65.2 Å². The Labute approximate surface area is 196 Å². The lowest BCUT2D eigenvalue weighted by Gasteiger charge is -2.55. The molecule has 6 rings (SSSR count). The lowest BCUT2D eigenvalue weighted by molar-refractivity contribution is -0.393. The number of carbonyl (C=O) groups excluding carboxylic acids is 1. The molecule has 6 unspecified atom stereocenters. The van der Waals surface area contributed by atoms with Gasteiger partial charge in [-0.1, -0.05) is 13.8 Å². The Kier molecular flexibility index (Phi) is 5.81. The zero-order valence-corrected chi connectivity index (χ0v) is 19.5. The van der Waals surface area contributed by atoms with Gasteiger partial charge in [-0.15, -0.1) is 0 Å². The number of aliphatic hydroxyl groups is 1. The molecule has 6 saturated carbocycles. The molecule has 6 bridgehead atoms. The van der Waals surface area contributed by atoms with Crippen LogP contribution in [0.3, 0.4) is 0 Å². The van der Waals surface area contributed by atoms with Gasteiger partial charge in [-0.05, 0) is 105 Å². The molecule has 0 radical (unpaired) electrons. The average Bonchev–Trinajstić information content (AvgIpc) is 3.27. The summed E-state index contributed by atoms with van der Waals surface area (Å²) in [5.74, 6) is -0.427. The summed E-state index contributed by atoms with van der Waals surface area (Å²) >= 11 is 0. The van der Waals surface area contributed by atoms with Crippen molar-refractivity contribution in [1.82, 2.24) is 0 Å². The van der Waals surface area contributed by atoms with Crippen molar-refractivity contribution in [2.45, 2.75) is 89.3 Å². The first-order valence-corrected chi connectivity index (χ1v) is 12.8. The number of carbonyl (C=O) groups is 1. The Bertz CT molecular complexity index is 763. The first-order chi connectivity index (χ1) is 15.7. The molecule has 0 spiro atoms. The first-order valence-electron chi connectivity index (χ1n) is 12.8. The highest BCUT2D eigenvalue weighted by Gasteiger charge is 2.76. The molecule has 6 atom stereocenters. The van der Waals surface area contributed by atoms with Crippen LogP contribution >= 0.6 is 0 Å². The molecule has 0 amide bonds. The van der Waals surface area contributed by atoms with Gasteiger partial charge in [-0.2, -0.15) is 26.3 Å². The summed E-state index contributed by atoms with van der Waals surface area (Å²) in [4.78, 5) is 13.1. The third-order valence-corrected chi connectivity index (χ3v) is 10.7. The van der Waals surface area contributed by atoms with E-state index in [1.807, 2.05) is 6.92 Å². The number of alkyl halides is 6. The second-order valence-electron chi connectivity index (χ2n) is 12.2. The van der Waals surface area contributed by atoms with Gasteiger partial charge in [-0.25, -0.2) is 0 Å². The Balaban J connectivity index is 1.42.